The molecule has 0 radical (unpaired) electrons. The fourth-order valence-electron chi connectivity index (χ4n) is 4.23. The molecule has 2 aliphatic carbocycles. The summed E-state index contributed by atoms with van der Waals surface area (Å²) in [6.07, 6.45) is 6.48. The van der Waals surface area contributed by atoms with Crippen molar-refractivity contribution < 1.29 is 0 Å². The summed E-state index contributed by atoms with van der Waals surface area (Å²) in [6.45, 7) is 4.65. The van der Waals surface area contributed by atoms with Crippen molar-refractivity contribution in [3.8, 4) is 11.1 Å². The molecule has 0 saturated carbocycles. The molecule has 0 amide bonds. The van der Waals surface area contributed by atoms with Crippen LogP contribution in [0, 0.1) is 0 Å². The van der Waals surface area contributed by atoms with Crippen molar-refractivity contribution in [2.75, 3.05) is 0 Å². The summed E-state index contributed by atoms with van der Waals surface area (Å²) in [7, 11) is 0. The molecule has 0 fully saturated rings. The van der Waals surface area contributed by atoms with Crippen LogP contribution in [0.1, 0.15) is 25.0 Å². The standard InChI is InChI=1S/C26H19I/c1-26(2)24-15-20(19-11-10-17-6-3-4-7-18(17)14-19)12-13-23(24)22-9-5-8-21(27)16-25(22)26/h3-8,10-16H,1-2H3. The molecule has 27 heavy (non-hydrogen) atoms. The first kappa shape index (κ1) is 16.8. The average Bonchev–Trinajstić information content (AvgIpc) is 2.81. The van der Waals surface area contributed by atoms with Gasteiger partial charge in [0, 0.05) is 14.6 Å². The van der Waals surface area contributed by atoms with Crippen LogP contribution >= 0.6 is 22.6 Å². The van der Waals surface area contributed by atoms with Gasteiger partial charge in [-0.2, -0.15) is 0 Å². The highest BCUT2D eigenvalue weighted by Gasteiger charge is 2.38. The SMILES string of the molecule is CC1(C)C2=CC(I)=CC=C=C2c2ccc(-c3ccc4ccccc4c3)cc21. The van der Waals surface area contributed by atoms with Crippen LogP contribution in [0.2, 0.25) is 0 Å². The summed E-state index contributed by atoms with van der Waals surface area (Å²) in [4.78, 5) is 0. The Morgan fingerprint density at radius 3 is 2.44 bits per heavy atom. The first-order chi connectivity index (χ1) is 13.0. The van der Waals surface area contributed by atoms with Crippen molar-refractivity contribution >= 4 is 38.9 Å². The Hall–Kier alpha value is -2.35. The van der Waals surface area contributed by atoms with Gasteiger partial charge in [0.1, 0.15) is 0 Å². The Kier molecular flexibility index (Phi) is 3.79. The van der Waals surface area contributed by atoms with Crippen molar-refractivity contribution in [1.82, 2.24) is 0 Å². The van der Waals surface area contributed by atoms with Gasteiger partial charge in [0.2, 0.25) is 0 Å². The van der Waals surface area contributed by atoms with E-state index in [-0.39, 0.29) is 5.41 Å². The first-order valence-electron chi connectivity index (χ1n) is 9.23. The molecule has 130 valence electrons. The topological polar surface area (TPSA) is 0 Å². The van der Waals surface area contributed by atoms with Gasteiger partial charge in [-0.05, 0) is 91.6 Å². The molecule has 0 saturated heterocycles. The molecule has 0 unspecified atom stereocenters. The molecule has 0 N–H and O–H groups in total. The summed E-state index contributed by atoms with van der Waals surface area (Å²) in [5.74, 6) is 0. The predicted molar refractivity (Wildman–Crippen MR) is 124 cm³/mol. The number of fused-ring (bicyclic) bond motifs is 4. The number of halogens is 1. The Morgan fingerprint density at radius 1 is 0.852 bits per heavy atom. The second-order valence-corrected chi connectivity index (χ2v) is 8.99. The molecule has 3 aromatic carbocycles. The fourth-order valence-corrected chi connectivity index (χ4v) is 4.72. The molecule has 0 aromatic heterocycles. The van der Waals surface area contributed by atoms with Gasteiger partial charge in [0.25, 0.3) is 0 Å². The van der Waals surface area contributed by atoms with Crippen molar-refractivity contribution in [1.29, 1.82) is 0 Å². The van der Waals surface area contributed by atoms with Crippen LogP contribution < -0.4 is 0 Å². The summed E-state index contributed by atoms with van der Waals surface area (Å²) in [5, 5.41) is 2.57. The highest BCUT2D eigenvalue weighted by molar-refractivity contribution is 14.1. The van der Waals surface area contributed by atoms with E-state index in [2.05, 4.69) is 115 Å². The molecular formula is C26H19I. The minimum Gasteiger partial charge on any atom is -0.112 e. The van der Waals surface area contributed by atoms with Gasteiger partial charge in [-0.25, -0.2) is 0 Å². The molecule has 0 nitrogen and oxygen atoms in total. The molecule has 2 aliphatic rings. The number of hydrogen-bond acceptors (Lipinski definition) is 0. The van der Waals surface area contributed by atoms with E-state index in [0.29, 0.717) is 0 Å². The Balaban J connectivity index is 1.69. The third-order valence-electron chi connectivity index (χ3n) is 5.74. The van der Waals surface area contributed by atoms with Gasteiger partial charge in [-0.3, -0.25) is 0 Å². The van der Waals surface area contributed by atoms with Crippen molar-refractivity contribution in [3.05, 3.63) is 105 Å². The summed E-state index contributed by atoms with van der Waals surface area (Å²) >= 11 is 2.40. The van der Waals surface area contributed by atoms with Gasteiger partial charge in [0.05, 0.1) is 0 Å². The first-order valence-corrected chi connectivity index (χ1v) is 10.3. The van der Waals surface area contributed by atoms with Crippen LogP contribution in [0.5, 0.6) is 0 Å². The molecule has 0 atom stereocenters. The van der Waals surface area contributed by atoms with E-state index in [1.54, 1.807) is 0 Å². The van der Waals surface area contributed by atoms with Crippen LogP contribution in [-0.2, 0) is 5.41 Å². The number of benzene rings is 3. The summed E-state index contributed by atoms with van der Waals surface area (Å²) < 4.78 is 1.25. The lowest BCUT2D eigenvalue weighted by Crippen LogP contribution is -2.15. The van der Waals surface area contributed by atoms with E-state index in [9.17, 15) is 0 Å². The maximum atomic E-state index is 3.51. The maximum Gasteiger partial charge on any atom is 0.0281 e. The van der Waals surface area contributed by atoms with Crippen LogP contribution in [0.25, 0.3) is 27.5 Å². The predicted octanol–water partition coefficient (Wildman–Crippen LogP) is 7.60. The van der Waals surface area contributed by atoms with Crippen LogP contribution in [-0.4, -0.2) is 0 Å². The highest BCUT2D eigenvalue weighted by atomic mass is 127. The normalized spacial score (nSPS) is 16.9. The smallest absolute Gasteiger partial charge is 0.0281 e. The Bertz CT molecular complexity index is 1230. The monoisotopic (exact) mass is 458 g/mol. The van der Waals surface area contributed by atoms with Crippen LogP contribution in [0.4, 0.5) is 0 Å². The zero-order valence-electron chi connectivity index (χ0n) is 15.4. The zero-order valence-corrected chi connectivity index (χ0v) is 17.5. The second-order valence-electron chi connectivity index (χ2n) is 7.74. The van der Waals surface area contributed by atoms with E-state index in [1.807, 2.05) is 6.08 Å². The number of hydrogen-bond donors (Lipinski definition) is 0. The second kappa shape index (κ2) is 6.09. The number of allylic oxidation sites excluding steroid dienone is 5. The molecule has 0 aliphatic heterocycles. The largest absolute Gasteiger partial charge is 0.112 e. The summed E-state index contributed by atoms with van der Waals surface area (Å²) in [6, 6.07) is 22.2. The highest BCUT2D eigenvalue weighted by Crippen LogP contribution is 2.51. The van der Waals surface area contributed by atoms with Gasteiger partial charge in [-0.1, -0.05) is 62.4 Å². The maximum absolute atomic E-state index is 3.51. The van der Waals surface area contributed by atoms with E-state index >= 15 is 0 Å². The lowest BCUT2D eigenvalue weighted by molar-refractivity contribution is 0.661. The molecular weight excluding hydrogens is 439 g/mol. The molecule has 5 rings (SSSR count). The fraction of sp³-hybridized carbons (Fsp3) is 0.115. The molecule has 0 heterocycles. The summed E-state index contributed by atoms with van der Waals surface area (Å²) in [5.41, 5.74) is 11.3. The molecule has 3 aromatic rings. The van der Waals surface area contributed by atoms with E-state index in [1.165, 1.54) is 47.8 Å². The average molecular weight is 458 g/mol. The third-order valence-corrected chi connectivity index (χ3v) is 6.41. The van der Waals surface area contributed by atoms with Crippen molar-refractivity contribution in [3.63, 3.8) is 0 Å². The van der Waals surface area contributed by atoms with Gasteiger partial charge in [-0.15, -0.1) is 5.73 Å². The van der Waals surface area contributed by atoms with E-state index < -0.39 is 0 Å². The van der Waals surface area contributed by atoms with Crippen molar-refractivity contribution in [2.24, 2.45) is 0 Å². The van der Waals surface area contributed by atoms with Crippen LogP contribution in [0.15, 0.2) is 93.8 Å². The van der Waals surface area contributed by atoms with Gasteiger partial charge >= 0.3 is 0 Å². The van der Waals surface area contributed by atoms with Crippen LogP contribution in [0.3, 0.4) is 0 Å². The number of rotatable bonds is 1. The molecule has 0 bridgehead atoms. The lowest BCUT2D eigenvalue weighted by Gasteiger charge is -2.22. The quantitative estimate of drug-likeness (QED) is 0.260. The molecule has 1 heteroatoms. The lowest BCUT2D eigenvalue weighted by atomic mass is 9.81. The van der Waals surface area contributed by atoms with Gasteiger partial charge in [0.15, 0.2) is 0 Å². The molecule has 0 spiro atoms. The third kappa shape index (κ3) is 2.65. The van der Waals surface area contributed by atoms with Crippen molar-refractivity contribution in [2.45, 2.75) is 19.3 Å². The minimum atomic E-state index is -0.0209. The van der Waals surface area contributed by atoms with E-state index in [4.69, 9.17) is 0 Å². The van der Waals surface area contributed by atoms with Gasteiger partial charge < -0.3 is 0 Å². The zero-order chi connectivity index (χ0) is 18.6. The Morgan fingerprint density at radius 2 is 1.59 bits per heavy atom. The van der Waals surface area contributed by atoms with E-state index in [0.717, 1.165) is 0 Å². The Labute approximate surface area is 173 Å². The minimum absolute atomic E-state index is 0.0209.